The van der Waals surface area contributed by atoms with Gasteiger partial charge in [-0.15, -0.1) is 0 Å². The Balaban J connectivity index is 1.85. The SMILES string of the molecule is Nc1nc(-n2cccn2)nc2c1[nH]c(=O)n2Cc1cccc(CO)c1. The minimum Gasteiger partial charge on any atom is -0.392 e. The van der Waals surface area contributed by atoms with Gasteiger partial charge in [-0.2, -0.15) is 15.1 Å². The van der Waals surface area contributed by atoms with Crippen LogP contribution < -0.4 is 11.4 Å². The molecule has 0 saturated carbocycles. The van der Waals surface area contributed by atoms with E-state index >= 15 is 0 Å². The van der Waals surface area contributed by atoms with E-state index < -0.39 is 0 Å². The number of imidazole rings is 1. The zero-order chi connectivity index (χ0) is 17.4. The predicted molar refractivity (Wildman–Crippen MR) is 91.1 cm³/mol. The maximum absolute atomic E-state index is 12.4. The van der Waals surface area contributed by atoms with Crippen molar-refractivity contribution in [3.63, 3.8) is 0 Å². The molecule has 4 N–H and O–H groups in total. The standard InChI is InChI=1S/C16H15N7O2/c17-13-12-14(21-15(20-13)23-6-2-5-18-23)22(16(25)19-12)8-10-3-1-4-11(7-10)9-24/h1-7,24H,8-9H2,(H,19,25)(H2,17,20,21). The Labute approximate surface area is 141 Å². The molecule has 126 valence electrons. The molecule has 0 amide bonds. The minimum absolute atomic E-state index is 0.0603. The summed E-state index contributed by atoms with van der Waals surface area (Å²) < 4.78 is 2.96. The minimum atomic E-state index is -0.331. The topological polar surface area (TPSA) is 128 Å². The molecule has 25 heavy (non-hydrogen) atoms. The highest BCUT2D eigenvalue weighted by atomic mass is 16.3. The van der Waals surface area contributed by atoms with Crippen LogP contribution in [0.15, 0.2) is 47.5 Å². The van der Waals surface area contributed by atoms with Crippen LogP contribution in [0, 0.1) is 0 Å². The normalized spacial score (nSPS) is 11.2. The second-order valence-corrected chi connectivity index (χ2v) is 5.55. The molecule has 3 heterocycles. The summed E-state index contributed by atoms with van der Waals surface area (Å²) in [5, 5.41) is 13.4. The number of aromatic nitrogens is 6. The Hall–Kier alpha value is -3.46. The summed E-state index contributed by atoms with van der Waals surface area (Å²) in [4.78, 5) is 23.7. The van der Waals surface area contributed by atoms with Crippen LogP contribution in [0.2, 0.25) is 0 Å². The van der Waals surface area contributed by atoms with Crippen LogP contribution in [-0.2, 0) is 13.2 Å². The van der Waals surface area contributed by atoms with E-state index in [0.29, 0.717) is 17.7 Å². The first-order valence-corrected chi connectivity index (χ1v) is 7.60. The number of aliphatic hydroxyl groups excluding tert-OH is 1. The van der Waals surface area contributed by atoms with Gasteiger partial charge in [0.1, 0.15) is 5.52 Å². The van der Waals surface area contributed by atoms with Gasteiger partial charge in [-0.3, -0.25) is 4.57 Å². The molecule has 0 aliphatic rings. The molecular weight excluding hydrogens is 322 g/mol. The van der Waals surface area contributed by atoms with Crippen molar-refractivity contribution >= 4 is 17.0 Å². The monoisotopic (exact) mass is 337 g/mol. The number of benzene rings is 1. The Morgan fingerprint density at radius 1 is 1.20 bits per heavy atom. The molecule has 0 radical (unpaired) electrons. The Morgan fingerprint density at radius 2 is 2.04 bits per heavy atom. The molecule has 4 rings (SSSR count). The molecule has 0 aliphatic heterocycles. The van der Waals surface area contributed by atoms with Crippen LogP contribution in [0.4, 0.5) is 5.82 Å². The molecule has 0 aliphatic carbocycles. The summed E-state index contributed by atoms with van der Waals surface area (Å²) in [6.45, 7) is 0.233. The van der Waals surface area contributed by atoms with Crippen molar-refractivity contribution in [3.8, 4) is 5.95 Å². The van der Waals surface area contributed by atoms with E-state index in [2.05, 4.69) is 20.1 Å². The van der Waals surface area contributed by atoms with E-state index in [1.165, 1.54) is 9.25 Å². The Bertz CT molecular complexity index is 1100. The summed E-state index contributed by atoms with van der Waals surface area (Å²) in [5.74, 6) is 0.460. The van der Waals surface area contributed by atoms with E-state index in [1.807, 2.05) is 24.3 Å². The van der Waals surface area contributed by atoms with Crippen LogP contribution in [0.3, 0.4) is 0 Å². The number of fused-ring (bicyclic) bond motifs is 1. The van der Waals surface area contributed by atoms with E-state index in [4.69, 9.17) is 5.73 Å². The first-order chi connectivity index (χ1) is 12.2. The number of hydrogen-bond donors (Lipinski definition) is 3. The number of aliphatic hydroxyl groups is 1. The molecule has 9 heteroatoms. The van der Waals surface area contributed by atoms with Crippen molar-refractivity contribution in [1.82, 2.24) is 29.3 Å². The van der Waals surface area contributed by atoms with Gasteiger partial charge in [0.05, 0.1) is 13.2 Å². The number of rotatable bonds is 4. The largest absolute Gasteiger partial charge is 0.392 e. The first-order valence-electron chi connectivity index (χ1n) is 7.60. The third-order valence-corrected chi connectivity index (χ3v) is 3.86. The van der Waals surface area contributed by atoms with Crippen LogP contribution in [0.1, 0.15) is 11.1 Å². The van der Waals surface area contributed by atoms with Gasteiger partial charge in [0.2, 0.25) is 0 Å². The summed E-state index contributed by atoms with van der Waals surface area (Å²) in [6, 6.07) is 9.11. The first kappa shape index (κ1) is 15.1. The number of hydrogen-bond acceptors (Lipinski definition) is 6. The predicted octanol–water partition coefficient (Wildman–Crippen LogP) is 0.428. The summed E-state index contributed by atoms with van der Waals surface area (Å²) in [7, 11) is 0. The lowest BCUT2D eigenvalue weighted by molar-refractivity contribution is 0.281. The van der Waals surface area contributed by atoms with Crippen molar-refractivity contribution in [2.45, 2.75) is 13.2 Å². The lowest BCUT2D eigenvalue weighted by atomic mass is 10.1. The molecule has 9 nitrogen and oxygen atoms in total. The maximum Gasteiger partial charge on any atom is 0.328 e. The fraction of sp³-hybridized carbons (Fsp3) is 0.125. The molecule has 0 fully saturated rings. The van der Waals surface area contributed by atoms with Gasteiger partial charge < -0.3 is 15.8 Å². The molecular formula is C16H15N7O2. The van der Waals surface area contributed by atoms with E-state index in [9.17, 15) is 9.90 Å². The average molecular weight is 337 g/mol. The molecule has 3 aromatic heterocycles. The van der Waals surface area contributed by atoms with Gasteiger partial charge >= 0.3 is 5.69 Å². The number of nitrogens with one attached hydrogen (secondary N) is 1. The van der Waals surface area contributed by atoms with Gasteiger partial charge in [-0.1, -0.05) is 24.3 Å². The molecule has 0 spiro atoms. The van der Waals surface area contributed by atoms with Gasteiger partial charge in [0.15, 0.2) is 11.5 Å². The number of nitrogens with two attached hydrogens (primary N) is 1. The van der Waals surface area contributed by atoms with Gasteiger partial charge in [-0.05, 0) is 17.2 Å². The van der Waals surface area contributed by atoms with Crippen LogP contribution in [-0.4, -0.2) is 34.4 Å². The fourth-order valence-electron chi connectivity index (χ4n) is 2.68. The van der Waals surface area contributed by atoms with Crippen molar-refractivity contribution in [2.24, 2.45) is 0 Å². The molecule has 0 atom stereocenters. The van der Waals surface area contributed by atoms with E-state index in [0.717, 1.165) is 11.1 Å². The highest BCUT2D eigenvalue weighted by Crippen LogP contribution is 2.17. The van der Waals surface area contributed by atoms with Crippen LogP contribution >= 0.6 is 0 Å². The summed E-state index contributed by atoms with van der Waals surface area (Å²) in [6.07, 6.45) is 3.30. The molecule has 0 saturated heterocycles. The number of anilines is 1. The highest BCUT2D eigenvalue weighted by molar-refractivity contribution is 5.82. The van der Waals surface area contributed by atoms with E-state index in [1.54, 1.807) is 18.5 Å². The number of nitrogen functional groups attached to an aromatic ring is 1. The molecule has 0 unspecified atom stereocenters. The number of nitrogens with zero attached hydrogens (tertiary/aromatic N) is 5. The van der Waals surface area contributed by atoms with Gasteiger partial charge in [-0.25, -0.2) is 9.48 Å². The summed E-state index contributed by atoms with van der Waals surface area (Å²) >= 11 is 0. The maximum atomic E-state index is 12.4. The zero-order valence-electron chi connectivity index (χ0n) is 13.1. The number of H-pyrrole nitrogens is 1. The average Bonchev–Trinajstić information content (AvgIpc) is 3.25. The quantitative estimate of drug-likeness (QED) is 0.495. The second kappa shape index (κ2) is 5.87. The highest BCUT2D eigenvalue weighted by Gasteiger charge is 2.15. The van der Waals surface area contributed by atoms with Crippen LogP contribution in [0.25, 0.3) is 17.1 Å². The van der Waals surface area contributed by atoms with Gasteiger partial charge in [0, 0.05) is 12.4 Å². The smallest absolute Gasteiger partial charge is 0.328 e. The third-order valence-electron chi connectivity index (χ3n) is 3.86. The Morgan fingerprint density at radius 3 is 2.80 bits per heavy atom. The molecule has 4 aromatic rings. The third kappa shape index (κ3) is 2.66. The van der Waals surface area contributed by atoms with Gasteiger partial charge in [0.25, 0.3) is 5.95 Å². The molecule has 0 bridgehead atoms. The summed E-state index contributed by atoms with van der Waals surface area (Å²) in [5.41, 5.74) is 8.08. The van der Waals surface area contributed by atoms with Crippen molar-refractivity contribution in [2.75, 3.05) is 5.73 Å². The second-order valence-electron chi connectivity index (χ2n) is 5.55. The van der Waals surface area contributed by atoms with Crippen molar-refractivity contribution in [1.29, 1.82) is 0 Å². The zero-order valence-corrected chi connectivity index (χ0v) is 13.1. The fourth-order valence-corrected chi connectivity index (χ4v) is 2.68. The van der Waals surface area contributed by atoms with E-state index in [-0.39, 0.29) is 24.1 Å². The Kier molecular flexibility index (Phi) is 3.55. The number of aromatic amines is 1. The lowest BCUT2D eigenvalue weighted by Crippen LogP contribution is -2.18. The van der Waals surface area contributed by atoms with Crippen molar-refractivity contribution < 1.29 is 5.11 Å². The van der Waals surface area contributed by atoms with Crippen LogP contribution in [0.5, 0.6) is 0 Å². The van der Waals surface area contributed by atoms with Crippen molar-refractivity contribution in [3.05, 3.63) is 64.3 Å². The lowest BCUT2D eigenvalue weighted by Gasteiger charge is -2.06. The molecule has 1 aromatic carbocycles.